The van der Waals surface area contributed by atoms with Crippen LogP contribution >= 0.6 is 0 Å². The Morgan fingerprint density at radius 1 is 1.00 bits per heavy atom. The summed E-state index contributed by atoms with van der Waals surface area (Å²) >= 11 is 0. The molecule has 2 aromatic heterocycles. The first-order chi connectivity index (χ1) is 16.1. The molecule has 0 aliphatic heterocycles. The summed E-state index contributed by atoms with van der Waals surface area (Å²) in [7, 11) is 0. The zero-order valence-electron chi connectivity index (χ0n) is 17.6. The van der Waals surface area contributed by atoms with Crippen molar-refractivity contribution in [2.24, 2.45) is 10.7 Å². The van der Waals surface area contributed by atoms with Crippen molar-refractivity contribution in [2.75, 3.05) is 0 Å². The lowest BCUT2D eigenvalue weighted by Crippen LogP contribution is -2.18. The Kier molecular flexibility index (Phi) is 5.44. The van der Waals surface area contributed by atoms with E-state index in [-0.39, 0.29) is 11.4 Å². The van der Waals surface area contributed by atoms with Gasteiger partial charge < -0.3 is 15.7 Å². The van der Waals surface area contributed by atoms with Crippen LogP contribution in [0.4, 0.5) is 8.78 Å². The summed E-state index contributed by atoms with van der Waals surface area (Å²) < 4.78 is 27.7. The standard InChI is InChI=1S/C26H21F2N5/c27-18-10-11-20(21(28)13-18)25(29)32-23(12-17-14-30-22-9-5-4-8-19(17)22)26-31-15-24(33-26)16-6-2-1-3-7-16/h1-11,13-15,23,30H,12H2,(H2,29,32)(H,31,33)/t23-/m1/s1. The Labute approximate surface area is 189 Å². The Hall–Kier alpha value is -4.26. The molecule has 0 bridgehead atoms. The highest BCUT2D eigenvalue weighted by Gasteiger charge is 2.19. The van der Waals surface area contributed by atoms with Gasteiger partial charge in [0.05, 0.1) is 17.5 Å². The molecule has 7 heteroatoms. The maximum absolute atomic E-state index is 14.3. The first kappa shape index (κ1) is 20.6. The van der Waals surface area contributed by atoms with Crippen LogP contribution in [-0.4, -0.2) is 20.8 Å². The van der Waals surface area contributed by atoms with Gasteiger partial charge in [0.1, 0.15) is 29.3 Å². The van der Waals surface area contributed by atoms with E-state index in [2.05, 4.69) is 19.9 Å². The second kappa shape index (κ2) is 8.70. The van der Waals surface area contributed by atoms with Crippen LogP contribution in [0, 0.1) is 11.6 Å². The van der Waals surface area contributed by atoms with Crippen LogP contribution < -0.4 is 5.73 Å². The van der Waals surface area contributed by atoms with Crippen LogP contribution in [0.15, 0.2) is 90.2 Å². The number of benzene rings is 3. The molecular weight excluding hydrogens is 420 g/mol. The number of para-hydroxylation sites is 1. The average molecular weight is 441 g/mol. The van der Waals surface area contributed by atoms with Gasteiger partial charge in [0.15, 0.2) is 0 Å². The molecule has 3 aromatic carbocycles. The molecule has 4 N–H and O–H groups in total. The van der Waals surface area contributed by atoms with Crippen LogP contribution in [0.25, 0.3) is 22.2 Å². The van der Waals surface area contributed by atoms with Crippen LogP contribution in [0.5, 0.6) is 0 Å². The third-order valence-corrected chi connectivity index (χ3v) is 5.59. The van der Waals surface area contributed by atoms with E-state index in [9.17, 15) is 8.78 Å². The predicted octanol–water partition coefficient (Wildman–Crippen LogP) is 5.53. The van der Waals surface area contributed by atoms with E-state index in [1.807, 2.05) is 60.8 Å². The van der Waals surface area contributed by atoms with Gasteiger partial charge in [-0.1, -0.05) is 48.5 Å². The second-order valence-electron chi connectivity index (χ2n) is 7.77. The number of aromatic amines is 2. The minimum Gasteiger partial charge on any atom is -0.383 e. The summed E-state index contributed by atoms with van der Waals surface area (Å²) in [4.78, 5) is 15.8. The van der Waals surface area contributed by atoms with E-state index in [1.54, 1.807) is 6.20 Å². The van der Waals surface area contributed by atoms with Crippen molar-refractivity contribution in [3.05, 3.63) is 114 Å². The Bertz CT molecular complexity index is 1440. The lowest BCUT2D eigenvalue weighted by Gasteiger charge is -2.12. The molecule has 0 unspecified atom stereocenters. The van der Waals surface area contributed by atoms with Crippen molar-refractivity contribution in [3.63, 3.8) is 0 Å². The van der Waals surface area contributed by atoms with E-state index in [1.165, 1.54) is 6.07 Å². The number of aliphatic imine (C=N–C) groups is 1. The third-order valence-electron chi connectivity index (χ3n) is 5.59. The maximum atomic E-state index is 14.3. The minimum atomic E-state index is -0.758. The summed E-state index contributed by atoms with van der Waals surface area (Å²) in [5.74, 6) is -0.843. The third kappa shape index (κ3) is 4.25. The molecule has 5 aromatic rings. The summed E-state index contributed by atoms with van der Waals surface area (Å²) in [5.41, 5.74) is 10.1. The van der Waals surface area contributed by atoms with E-state index in [0.29, 0.717) is 12.2 Å². The molecular formula is C26H21F2N5. The van der Waals surface area contributed by atoms with Crippen molar-refractivity contribution < 1.29 is 8.78 Å². The first-order valence-corrected chi connectivity index (χ1v) is 10.5. The normalized spacial score (nSPS) is 12.8. The molecule has 0 aliphatic carbocycles. The van der Waals surface area contributed by atoms with Crippen LogP contribution in [0.3, 0.4) is 0 Å². The molecule has 1 atom stereocenters. The Morgan fingerprint density at radius 3 is 2.61 bits per heavy atom. The number of H-pyrrole nitrogens is 2. The monoisotopic (exact) mass is 441 g/mol. The molecule has 164 valence electrons. The number of halogens is 2. The van der Waals surface area contributed by atoms with Crippen molar-refractivity contribution in [1.29, 1.82) is 0 Å². The maximum Gasteiger partial charge on any atom is 0.137 e. The highest BCUT2D eigenvalue weighted by molar-refractivity contribution is 5.97. The van der Waals surface area contributed by atoms with Gasteiger partial charge in [0, 0.05) is 29.6 Å². The van der Waals surface area contributed by atoms with Gasteiger partial charge in [-0.15, -0.1) is 0 Å². The van der Waals surface area contributed by atoms with Gasteiger partial charge >= 0.3 is 0 Å². The lowest BCUT2D eigenvalue weighted by atomic mass is 10.0. The molecule has 0 radical (unpaired) electrons. The van der Waals surface area contributed by atoms with Crippen molar-refractivity contribution in [2.45, 2.75) is 12.5 Å². The molecule has 5 rings (SSSR count). The zero-order valence-corrected chi connectivity index (χ0v) is 17.6. The zero-order chi connectivity index (χ0) is 22.8. The molecule has 0 saturated heterocycles. The van der Waals surface area contributed by atoms with Crippen LogP contribution in [-0.2, 0) is 6.42 Å². The van der Waals surface area contributed by atoms with Crippen molar-refractivity contribution in [3.8, 4) is 11.3 Å². The van der Waals surface area contributed by atoms with Crippen molar-refractivity contribution in [1.82, 2.24) is 15.0 Å². The summed E-state index contributed by atoms with van der Waals surface area (Å²) in [6.45, 7) is 0. The van der Waals surface area contributed by atoms with E-state index in [0.717, 1.165) is 39.9 Å². The number of nitrogens with one attached hydrogen (secondary N) is 2. The van der Waals surface area contributed by atoms with Crippen LogP contribution in [0.2, 0.25) is 0 Å². The number of rotatable bonds is 6. The van der Waals surface area contributed by atoms with E-state index >= 15 is 0 Å². The number of nitrogens with zero attached hydrogens (tertiary/aromatic N) is 2. The highest BCUT2D eigenvalue weighted by Crippen LogP contribution is 2.28. The Balaban J connectivity index is 1.55. The Morgan fingerprint density at radius 2 is 1.79 bits per heavy atom. The number of hydrogen-bond acceptors (Lipinski definition) is 2. The smallest absolute Gasteiger partial charge is 0.137 e. The molecule has 0 spiro atoms. The largest absolute Gasteiger partial charge is 0.383 e. The summed E-state index contributed by atoms with van der Waals surface area (Å²) in [5, 5.41) is 1.07. The van der Waals surface area contributed by atoms with Crippen molar-refractivity contribution >= 4 is 16.7 Å². The van der Waals surface area contributed by atoms with Gasteiger partial charge in [-0.3, -0.25) is 4.99 Å². The number of amidine groups is 1. The summed E-state index contributed by atoms with van der Waals surface area (Å²) in [6, 6.07) is 20.5. The van der Waals surface area contributed by atoms with Gasteiger partial charge in [-0.2, -0.15) is 0 Å². The lowest BCUT2D eigenvalue weighted by molar-refractivity contribution is 0.581. The van der Waals surface area contributed by atoms with Gasteiger partial charge in [0.2, 0.25) is 0 Å². The van der Waals surface area contributed by atoms with Gasteiger partial charge in [-0.25, -0.2) is 13.8 Å². The topological polar surface area (TPSA) is 82.8 Å². The molecule has 5 nitrogen and oxygen atoms in total. The minimum absolute atomic E-state index is 0.0185. The molecule has 0 amide bonds. The fourth-order valence-electron chi connectivity index (χ4n) is 3.92. The molecule has 0 aliphatic rings. The predicted molar refractivity (Wildman–Crippen MR) is 126 cm³/mol. The number of aromatic nitrogens is 3. The SMILES string of the molecule is NC(=N[C@H](Cc1c[nH]c2ccccc12)c1ncc(-c2ccccc2)[nH]1)c1ccc(F)cc1F. The fraction of sp³-hybridized carbons (Fsp3) is 0.0769. The molecule has 2 heterocycles. The van der Waals surface area contributed by atoms with E-state index < -0.39 is 17.7 Å². The number of hydrogen-bond donors (Lipinski definition) is 3. The first-order valence-electron chi connectivity index (χ1n) is 10.5. The van der Waals surface area contributed by atoms with Gasteiger partial charge in [-0.05, 0) is 29.3 Å². The molecule has 33 heavy (non-hydrogen) atoms. The fourth-order valence-corrected chi connectivity index (χ4v) is 3.92. The second-order valence-corrected chi connectivity index (χ2v) is 7.77. The number of nitrogens with two attached hydrogens (primary N) is 1. The number of imidazole rings is 1. The average Bonchev–Trinajstić information content (AvgIpc) is 3.47. The quantitative estimate of drug-likeness (QED) is 0.239. The van der Waals surface area contributed by atoms with Gasteiger partial charge in [0.25, 0.3) is 0 Å². The molecule has 0 saturated carbocycles. The van der Waals surface area contributed by atoms with E-state index in [4.69, 9.17) is 5.73 Å². The highest BCUT2D eigenvalue weighted by atomic mass is 19.1. The summed E-state index contributed by atoms with van der Waals surface area (Å²) in [6.07, 6.45) is 4.16. The molecule has 0 fully saturated rings. The van der Waals surface area contributed by atoms with Crippen LogP contribution in [0.1, 0.15) is 23.0 Å². The number of fused-ring (bicyclic) bond motifs is 1.